The zero-order chi connectivity index (χ0) is 35.4. The van der Waals surface area contributed by atoms with Crippen molar-refractivity contribution in [2.75, 3.05) is 0 Å². The van der Waals surface area contributed by atoms with Gasteiger partial charge in [0.15, 0.2) is 5.78 Å². The van der Waals surface area contributed by atoms with E-state index in [0.29, 0.717) is 61.6 Å². The lowest BCUT2D eigenvalue weighted by atomic mass is 9.95. The van der Waals surface area contributed by atoms with E-state index in [4.69, 9.17) is 0 Å². The Hall–Kier alpha value is -5.92. The van der Waals surface area contributed by atoms with Gasteiger partial charge in [-0.2, -0.15) is 0 Å². The van der Waals surface area contributed by atoms with Gasteiger partial charge in [-0.15, -0.1) is 15.0 Å². The number of aryl methyl sites for hydroxylation is 3. The van der Waals surface area contributed by atoms with Crippen LogP contribution in [-0.2, 0) is 22.3 Å². The number of Topliss-reactive ketones (excluding diaryl/α,β-unsaturated/α-hetero) is 1. The molecule has 0 saturated heterocycles. The molecule has 0 aliphatic heterocycles. The van der Waals surface area contributed by atoms with Crippen LogP contribution >= 0.6 is 7.14 Å². The van der Waals surface area contributed by atoms with Crippen LogP contribution in [0.4, 0.5) is 0 Å². The van der Waals surface area contributed by atoms with Crippen molar-refractivity contribution in [3.05, 3.63) is 155 Å². The average molecular weight is 683 g/mol. The molecule has 1 aromatic heterocycles. The number of phenols is 1. The number of nitrogens with one attached hydrogen (secondary N) is 1. The Kier molecular flexibility index (Phi) is 9.70. The van der Waals surface area contributed by atoms with E-state index in [9.17, 15) is 24.1 Å². The topological polar surface area (TPSA) is 131 Å². The van der Waals surface area contributed by atoms with Gasteiger partial charge >= 0.3 is 0 Å². The number of carbonyl (C=O) groups excluding carboxylic acids is 3. The molecule has 0 spiro atoms. The molecular formula is C40H35N4O5P. The molecule has 1 heterocycles. The minimum atomic E-state index is -3.73. The summed E-state index contributed by atoms with van der Waals surface area (Å²) in [6.45, 7) is 7.02. The number of hydrogen-bond donors (Lipinski definition) is 2. The molecule has 6 rings (SSSR count). The monoisotopic (exact) mass is 682 g/mol. The third-order valence-corrected chi connectivity index (χ3v) is 11.5. The fourth-order valence-electron chi connectivity index (χ4n) is 6.08. The third-order valence-electron chi connectivity index (χ3n) is 8.60. The lowest BCUT2D eigenvalue weighted by Gasteiger charge is -2.21. The molecule has 5 aromatic carbocycles. The van der Waals surface area contributed by atoms with Crippen molar-refractivity contribution >= 4 is 46.0 Å². The van der Waals surface area contributed by atoms with Gasteiger partial charge in [0.05, 0.1) is 0 Å². The maximum absolute atomic E-state index is 14.8. The van der Waals surface area contributed by atoms with Crippen molar-refractivity contribution < 1.29 is 24.1 Å². The fourth-order valence-corrected chi connectivity index (χ4v) is 8.70. The number of aromatic nitrogens is 3. The van der Waals surface area contributed by atoms with Gasteiger partial charge in [0.25, 0.3) is 0 Å². The highest BCUT2D eigenvalue weighted by atomic mass is 31.2. The van der Waals surface area contributed by atoms with Gasteiger partial charge in [0.1, 0.15) is 22.5 Å². The Morgan fingerprint density at radius 3 is 1.90 bits per heavy atom. The van der Waals surface area contributed by atoms with E-state index >= 15 is 0 Å². The Bertz CT molecular complexity index is 2220. The first kappa shape index (κ1) is 34.0. The third kappa shape index (κ3) is 6.68. The summed E-state index contributed by atoms with van der Waals surface area (Å²) in [5.74, 6) is -0.644. The summed E-state index contributed by atoms with van der Waals surface area (Å²) in [6, 6.07) is 31.7. The fraction of sp³-hybridized carbons (Fsp3) is 0.125. The van der Waals surface area contributed by atoms with Gasteiger partial charge < -0.3 is 15.0 Å². The molecule has 2 N–H and O–H groups in total. The van der Waals surface area contributed by atoms with Gasteiger partial charge in [-0.05, 0) is 73.4 Å². The second kappa shape index (κ2) is 14.3. The second-order valence-electron chi connectivity index (χ2n) is 12.0. The van der Waals surface area contributed by atoms with E-state index < -0.39 is 18.6 Å². The maximum atomic E-state index is 14.8. The number of ketones is 1. The maximum Gasteiger partial charge on any atom is 0.243 e. The molecule has 0 radical (unpaired) electrons. The van der Waals surface area contributed by atoms with E-state index in [1.165, 1.54) is 4.80 Å². The zero-order valence-corrected chi connectivity index (χ0v) is 28.6. The Morgan fingerprint density at radius 2 is 1.36 bits per heavy atom. The smallest absolute Gasteiger partial charge is 0.243 e. The molecule has 10 heteroatoms. The highest BCUT2D eigenvalue weighted by Crippen LogP contribution is 2.48. The van der Waals surface area contributed by atoms with Crippen molar-refractivity contribution in [3.63, 3.8) is 0 Å². The summed E-state index contributed by atoms with van der Waals surface area (Å²) in [4.78, 5) is 41.2. The van der Waals surface area contributed by atoms with Crippen LogP contribution < -0.4 is 15.9 Å². The highest BCUT2D eigenvalue weighted by Gasteiger charge is 2.38. The molecule has 0 atom stereocenters. The van der Waals surface area contributed by atoms with Crippen molar-refractivity contribution in [3.8, 4) is 11.4 Å². The van der Waals surface area contributed by atoms with Crippen LogP contribution in [0.3, 0.4) is 0 Å². The molecule has 0 saturated carbocycles. The summed E-state index contributed by atoms with van der Waals surface area (Å²) in [5, 5.41) is 23.8. The van der Waals surface area contributed by atoms with E-state index in [1.807, 2.05) is 36.4 Å². The number of rotatable bonds is 12. The number of carbonyl (C=O) groups is 3. The van der Waals surface area contributed by atoms with Crippen molar-refractivity contribution in [2.24, 2.45) is 0 Å². The quantitative estimate of drug-likeness (QED) is 0.0855. The van der Waals surface area contributed by atoms with E-state index in [-0.39, 0.29) is 24.5 Å². The first-order chi connectivity index (χ1) is 24.1. The first-order valence-corrected chi connectivity index (χ1v) is 17.8. The minimum absolute atomic E-state index is 0.0238. The number of amides is 1. The summed E-state index contributed by atoms with van der Waals surface area (Å²) in [6.07, 6.45) is 1.58. The summed E-state index contributed by atoms with van der Waals surface area (Å²) < 4.78 is 14.8. The number of nitrogens with zero attached hydrogens (tertiary/aromatic N) is 3. The molecule has 50 heavy (non-hydrogen) atoms. The molecular weight excluding hydrogens is 647 g/mol. The lowest BCUT2D eigenvalue weighted by molar-refractivity contribution is -0.116. The predicted octanol–water partition coefficient (Wildman–Crippen LogP) is 6.51. The minimum Gasteiger partial charge on any atom is -0.505 e. The van der Waals surface area contributed by atoms with Crippen LogP contribution in [0.25, 0.3) is 16.7 Å². The first-order valence-electron chi connectivity index (χ1n) is 16.1. The molecule has 0 aliphatic carbocycles. The average Bonchev–Trinajstić information content (AvgIpc) is 3.57. The van der Waals surface area contributed by atoms with Crippen molar-refractivity contribution in [2.45, 2.75) is 33.2 Å². The molecule has 250 valence electrons. The summed E-state index contributed by atoms with van der Waals surface area (Å²) in [7, 11) is -3.73. The second-order valence-corrected chi connectivity index (χ2v) is 14.7. The molecule has 6 aromatic rings. The Labute approximate surface area is 289 Å². The zero-order valence-electron chi connectivity index (χ0n) is 27.7. The van der Waals surface area contributed by atoms with Crippen molar-refractivity contribution in [1.29, 1.82) is 0 Å². The molecule has 9 nitrogen and oxygen atoms in total. The van der Waals surface area contributed by atoms with Gasteiger partial charge in [0, 0.05) is 40.3 Å². The number of fused-ring (bicyclic) bond motifs is 1. The van der Waals surface area contributed by atoms with E-state index in [0.717, 1.165) is 11.6 Å². The van der Waals surface area contributed by atoms with Gasteiger partial charge in [-0.25, -0.2) is 0 Å². The Balaban J connectivity index is 1.29. The SMILES string of the molecule is C=CC(=O)NCc1cc(CCC(=O)c2cc(C)c(C(=O)P(=O)(c3ccccc3)c3ccccc3)c(C)c2)cc(-n2nc3ccccc3n2)c1O. The van der Waals surface area contributed by atoms with Crippen LogP contribution in [0.2, 0.25) is 0 Å². The van der Waals surface area contributed by atoms with Crippen LogP contribution in [0.5, 0.6) is 5.75 Å². The molecule has 0 fully saturated rings. The standard InChI is InChI=1S/C40H35N4O5P/c1-4-37(46)41-25-30-23-28(24-35(39(30)47)44-42-33-17-11-12-18-34(33)43-44)19-20-36(45)29-21-26(2)38(27(3)22-29)40(48)50(49,31-13-7-5-8-14-31)32-15-9-6-10-16-32/h4-18,21-24,47H,1,19-20,25H2,2-3H3,(H,41,46). The van der Waals surface area contributed by atoms with Gasteiger partial charge in [0.2, 0.25) is 18.6 Å². The number of hydrogen-bond acceptors (Lipinski definition) is 7. The molecule has 0 unspecified atom stereocenters. The van der Waals surface area contributed by atoms with Gasteiger partial charge in [-0.3, -0.25) is 14.4 Å². The van der Waals surface area contributed by atoms with E-state index in [1.54, 1.807) is 86.6 Å². The largest absolute Gasteiger partial charge is 0.505 e. The molecule has 0 aliphatic rings. The summed E-state index contributed by atoms with van der Waals surface area (Å²) >= 11 is 0. The van der Waals surface area contributed by atoms with Crippen LogP contribution in [0, 0.1) is 13.8 Å². The number of benzene rings is 5. The Morgan fingerprint density at radius 1 is 0.820 bits per heavy atom. The van der Waals surface area contributed by atoms with Gasteiger partial charge in [-0.1, -0.05) is 85.4 Å². The highest BCUT2D eigenvalue weighted by molar-refractivity contribution is 7.93. The normalized spacial score (nSPS) is 11.3. The predicted molar refractivity (Wildman–Crippen MR) is 195 cm³/mol. The van der Waals surface area contributed by atoms with Crippen LogP contribution in [0.1, 0.15) is 49.4 Å². The number of aromatic hydroxyl groups is 1. The number of phenolic OH excluding ortho intramolecular Hbond substituents is 1. The molecule has 0 bridgehead atoms. The van der Waals surface area contributed by atoms with Crippen LogP contribution in [0.15, 0.2) is 122 Å². The van der Waals surface area contributed by atoms with E-state index in [2.05, 4.69) is 22.1 Å². The van der Waals surface area contributed by atoms with Crippen molar-refractivity contribution in [1.82, 2.24) is 20.3 Å². The lowest BCUT2D eigenvalue weighted by Crippen LogP contribution is -2.24. The van der Waals surface area contributed by atoms with Crippen LogP contribution in [-0.4, -0.2) is 37.3 Å². The summed E-state index contributed by atoms with van der Waals surface area (Å²) in [5.41, 5.74) is 4.18. The molecule has 1 amide bonds.